The van der Waals surface area contributed by atoms with Gasteiger partial charge in [-0.2, -0.15) is 0 Å². The summed E-state index contributed by atoms with van der Waals surface area (Å²) in [5.74, 6) is 0. The van der Waals surface area contributed by atoms with Crippen LogP contribution in [0.1, 0.15) is 35.6 Å². The highest BCUT2D eigenvalue weighted by atomic mass is 16.5. The first-order valence-corrected chi connectivity index (χ1v) is 7.10. The molecule has 1 aliphatic rings. The molecule has 19 heavy (non-hydrogen) atoms. The zero-order chi connectivity index (χ0) is 13.8. The minimum Gasteiger partial charge on any atom is -0.387 e. The Labute approximate surface area is 116 Å². The Balaban J connectivity index is 1.98. The van der Waals surface area contributed by atoms with Gasteiger partial charge >= 0.3 is 0 Å². The van der Waals surface area contributed by atoms with Crippen molar-refractivity contribution in [2.24, 2.45) is 0 Å². The van der Waals surface area contributed by atoms with Crippen LogP contribution in [0.3, 0.4) is 0 Å². The molecule has 3 heteroatoms. The van der Waals surface area contributed by atoms with Crippen LogP contribution >= 0.6 is 0 Å². The number of nitrogens with zero attached hydrogens (tertiary/aromatic N) is 1. The van der Waals surface area contributed by atoms with E-state index in [4.69, 9.17) is 4.74 Å². The van der Waals surface area contributed by atoms with E-state index < -0.39 is 6.10 Å². The van der Waals surface area contributed by atoms with Crippen molar-refractivity contribution in [3.63, 3.8) is 0 Å². The van der Waals surface area contributed by atoms with Gasteiger partial charge in [0.15, 0.2) is 0 Å². The molecule has 3 nitrogen and oxygen atoms in total. The van der Waals surface area contributed by atoms with E-state index in [9.17, 15) is 5.11 Å². The van der Waals surface area contributed by atoms with Crippen molar-refractivity contribution in [2.75, 3.05) is 26.7 Å². The Bertz CT molecular complexity index is 399. The number of methoxy groups -OCH3 is 1. The van der Waals surface area contributed by atoms with Gasteiger partial charge in [0.25, 0.3) is 0 Å². The summed E-state index contributed by atoms with van der Waals surface area (Å²) in [5, 5.41) is 10.4. The standard InChI is InChI=1S/C16H25NO2/c1-12-7-13(2)9-14(8-12)16(18)11-17-6-4-5-15(10-17)19-3/h7-9,15-16,18H,4-6,10-11H2,1-3H3. The summed E-state index contributed by atoms with van der Waals surface area (Å²) in [6, 6.07) is 6.29. The van der Waals surface area contributed by atoms with Crippen LogP contribution in [-0.2, 0) is 4.74 Å². The second kappa shape index (κ2) is 6.51. The average molecular weight is 263 g/mol. The molecule has 0 amide bonds. The number of aliphatic hydroxyl groups excluding tert-OH is 1. The summed E-state index contributed by atoms with van der Waals surface area (Å²) in [5.41, 5.74) is 3.45. The molecule has 2 rings (SSSR count). The van der Waals surface area contributed by atoms with E-state index in [0.717, 1.165) is 31.5 Å². The molecule has 1 aromatic rings. The summed E-state index contributed by atoms with van der Waals surface area (Å²) in [4.78, 5) is 2.31. The monoisotopic (exact) mass is 263 g/mol. The number of likely N-dealkylation sites (tertiary alicyclic amines) is 1. The number of aryl methyl sites for hydroxylation is 2. The van der Waals surface area contributed by atoms with Gasteiger partial charge in [0.05, 0.1) is 12.2 Å². The van der Waals surface area contributed by atoms with Crippen LogP contribution in [0, 0.1) is 13.8 Å². The first-order valence-electron chi connectivity index (χ1n) is 7.10. The SMILES string of the molecule is COC1CCCN(CC(O)c2cc(C)cc(C)c2)C1. The van der Waals surface area contributed by atoms with Gasteiger partial charge in [0.1, 0.15) is 0 Å². The lowest BCUT2D eigenvalue weighted by atomic mass is 10.0. The molecule has 2 atom stereocenters. The summed E-state index contributed by atoms with van der Waals surface area (Å²) in [6.45, 7) is 6.83. The molecule has 1 fully saturated rings. The van der Waals surface area contributed by atoms with E-state index in [0.29, 0.717) is 12.6 Å². The third-order valence-corrected chi connectivity index (χ3v) is 3.86. The number of benzene rings is 1. The van der Waals surface area contributed by atoms with Crippen LogP contribution in [0.15, 0.2) is 18.2 Å². The fraction of sp³-hybridized carbons (Fsp3) is 0.625. The van der Waals surface area contributed by atoms with Crippen molar-refractivity contribution >= 4 is 0 Å². The lowest BCUT2D eigenvalue weighted by molar-refractivity contribution is 0.0127. The Morgan fingerprint density at radius 1 is 1.32 bits per heavy atom. The highest BCUT2D eigenvalue weighted by Crippen LogP contribution is 2.20. The maximum absolute atomic E-state index is 10.4. The highest BCUT2D eigenvalue weighted by molar-refractivity contribution is 5.30. The topological polar surface area (TPSA) is 32.7 Å². The zero-order valence-corrected chi connectivity index (χ0v) is 12.2. The number of ether oxygens (including phenoxy) is 1. The molecule has 106 valence electrons. The Morgan fingerprint density at radius 2 is 2.00 bits per heavy atom. The van der Waals surface area contributed by atoms with Gasteiger partial charge in [-0.25, -0.2) is 0 Å². The fourth-order valence-electron chi connectivity index (χ4n) is 2.92. The maximum Gasteiger partial charge on any atom is 0.0917 e. The molecule has 2 unspecified atom stereocenters. The van der Waals surface area contributed by atoms with Crippen molar-refractivity contribution < 1.29 is 9.84 Å². The summed E-state index contributed by atoms with van der Waals surface area (Å²) in [7, 11) is 1.77. The van der Waals surface area contributed by atoms with Gasteiger partial charge in [-0.15, -0.1) is 0 Å². The van der Waals surface area contributed by atoms with Crippen LogP contribution < -0.4 is 0 Å². The smallest absolute Gasteiger partial charge is 0.0917 e. The summed E-state index contributed by atoms with van der Waals surface area (Å²) >= 11 is 0. The zero-order valence-electron chi connectivity index (χ0n) is 12.2. The number of β-amino-alcohol motifs (C(OH)–C–C–N with tert-alkyl or cyclic N) is 1. The molecule has 1 heterocycles. The minimum atomic E-state index is -0.408. The summed E-state index contributed by atoms with van der Waals surface area (Å²) < 4.78 is 5.42. The van der Waals surface area contributed by atoms with Crippen LogP contribution in [0.5, 0.6) is 0 Å². The van der Waals surface area contributed by atoms with Gasteiger partial charge in [0, 0.05) is 20.2 Å². The van der Waals surface area contributed by atoms with Crippen molar-refractivity contribution in [1.29, 1.82) is 0 Å². The largest absolute Gasteiger partial charge is 0.387 e. The molecule has 1 aromatic carbocycles. The van der Waals surface area contributed by atoms with E-state index in [1.807, 2.05) is 0 Å². The average Bonchev–Trinajstić information content (AvgIpc) is 2.37. The van der Waals surface area contributed by atoms with Crippen molar-refractivity contribution in [1.82, 2.24) is 4.90 Å². The van der Waals surface area contributed by atoms with Crippen molar-refractivity contribution in [3.05, 3.63) is 34.9 Å². The predicted octanol–water partition coefficient (Wildman–Crippen LogP) is 2.45. The molecule has 0 spiro atoms. The van der Waals surface area contributed by atoms with E-state index in [2.05, 4.69) is 36.9 Å². The number of rotatable bonds is 4. The first-order chi connectivity index (χ1) is 9.08. The number of piperidine rings is 1. The predicted molar refractivity (Wildman–Crippen MR) is 77.3 cm³/mol. The van der Waals surface area contributed by atoms with Gasteiger partial charge < -0.3 is 9.84 Å². The van der Waals surface area contributed by atoms with Gasteiger partial charge in [-0.3, -0.25) is 4.90 Å². The van der Waals surface area contributed by atoms with Crippen LogP contribution in [0.25, 0.3) is 0 Å². The maximum atomic E-state index is 10.4. The van der Waals surface area contributed by atoms with Gasteiger partial charge in [0.2, 0.25) is 0 Å². The van der Waals surface area contributed by atoms with Gasteiger partial charge in [-0.1, -0.05) is 29.3 Å². The number of aliphatic hydroxyl groups is 1. The lowest BCUT2D eigenvalue weighted by Gasteiger charge is -2.33. The number of hydrogen-bond donors (Lipinski definition) is 1. The molecule has 0 radical (unpaired) electrons. The van der Waals surface area contributed by atoms with Crippen LogP contribution in [0.2, 0.25) is 0 Å². The van der Waals surface area contributed by atoms with Crippen molar-refractivity contribution in [3.8, 4) is 0 Å². The molecule has 1 aliphatic heterocycles. The molecule has 1 saturated heterocycles. The Hall–Kier alpha value is -0.900. The van der Waals surface area contributed by atoms with Crippen LogP contribution in [0.4, 0.5) is 0 Å². The molecular formula is C16H25NO2. The van der Waals surface area contributed by atoms with Gasteiger partial charge in [-0.05, 0) is 38.8 Å². The van der Waals surface area contributed by atoms with E-state index in [-0.39, 0.29) is 0 Å². The Kier molecular flexibility index (Phi) is 4.97. The highest BCUT2D eigenvalue weighted by Gasteiger charge is 2.22. The minimum absolute atomic E-state index is 0.320. The van der Waals surface area contributed by atoms with E-state index in [1.165, 1.54) is 11.1 Å². The Morgan fingerprint density at radius 3 is 2.63 bits per heavy atom. The molecule has 0 saturated carbocycles. The number of hydrogen-bond acceptors (Lipinski definition) is 3. The van der Waals surface area contributed by atoms with E-state index in [1.54, 1.807) is 7.11 Å². The normalized spacial score (nSPS) is 22.4. The third kappa shape index (κ3) is 4.03. The first kappa shape index (κ1) is 14.5. The molecule has 0 aromatic heterocycles. The third-order valence-electron chi connectivity index (χ3n) is 3.86. The molecule has 1 N–H and O–H groups in total. The van der Waals surface area contributed by atoms with E-state index >= 15 is 0 Å². The summed E-state index contributed by atoms with van der Waals surface area (Å²) in [6.07, 6.45) is 2.19. The fourth-order valence-corrected chi connectivity index (χ4v) is 2.92. The lowest BCUT2D eigenvalue weighted by Crippen LogP contribution is -2.41. The van der Waals surface area contributed by atoms with Crippen molar-refractivity contribution in [2.45, 2.75) is 38.9 Å². The van der Waals surface area contributed by atoms with Crippen LogP contribution in [-0.4, -0.2) is 42.9 Å². The molecular weight excluding hydrogens is 238 g/mol. The molecule has 0 bridgehead atoms. The molecule has 0 aliphatic carbocycles. The quantitative estimate of drug-likeness (QED) is 0.905. The second-order valence-corrected chi connectivity index (χ2v) is 5.70. The second-order valence-electron chi connectivity index (χ2n) is 5.70.